The Balaban J connectivity index is 3.97. The van der Waals surface area contributed by atoms with Gasteiger partial charge in [-0.2, -0.15) is 0 Å². The second kappa shape index (κ2) is 7.07. The quantitative estimate of drug-likeness (QED) is 0.422. The van der Waals surface area contributed by atoms with Crippen molar-refractivity contribution in [2.45, 2.75) is 20.3 Å². The predicted molar refractivity (Wildman–Crippen MR) is 52.5 cm³/mol. The highest BCUT2D eigenvalue weighted by Gasteiger charge is 1.82. The van der Waals surface area contributed by atoms with Crippen LogP contribution in [0.1, 0.15) is 20.3 Å². The molecule has 0 heteroatoms. The van der Waals surface area contributed by atoms with E-state index in [9.17, 15) is 0 Å². The minimum Gasteiger partial charge on any atom is -0.103 e. The molecule has 0 aromatic heterocycles. The molecule has 0 N–H and O–H groups in total. The van der Waals surface area contributed by atoms with Crippen molar-refractivity contribution in [2.24, 2.45) is 0 Å². The van der Waals surface area contributed by atoms with E-state index in [1.54, 1.807) is 0 Å². The van der Waals surface area contributed by atoms with Gasteiger partial charge in [0.25, 0.3) is 0 Å². The first-order valence-electron chi connectivity index (χ1n) is 3.90. The monoisotopic (exact) mass is 148 g/mol. The first-order chi connectivity index (χ1) is 5.35. The molecule has 0 rings (SSSR count). The molecule has 0 aliphatic heterocycles. The Labute approximate surface area is 69.6 Å². The van der Waals surface area contributed by atoms with Crippen LogP contribution in [0.3, 0.4) is 0 Å². The van der Waals surface area contributed by atoms with E-state index in [0.717, 1.165) is 6.42 Å². The van der Waals surface area contributed by atoms with Gasteiger partial charge in [-0.05, 0) is 25.8 Å². The van der Waals surface area contributed by atoms with Gasteiger partial charge < -0.3 is 0 Å². The summed E-state index contributed by atoms with van der Waals surface area (Å²) in [5, 5.41) is 0. The van der Waals surface area contributed by atoms with E-state index in [4.69, 9.17) is 0 Å². The van der Waals surface area contributed by atoms with Gasteiger partial charge in [-0.15, -0.1) is 6.58 Å². The molecule has 0 aromatic rings. The topological polar surface area (TPSA) is 0 Å². The van der Waals surface area contributed by atoms with Crippen molar-refractivity contribution in [1.82, 2.24) is 0 Å². The van der Waals surface area contributed by atoms with Crippen LogP contribution in [0.15, 0.2) is 48.6 Å². The maximum absolute atomic E-state index is 3.68. The van der Waals surface area contributed by atoms with Gasteiger partial charge in [-0.1, -0.05) is 36.5 Å². The van der Waals surface area contributed by atoms with Gasteiger partial charge in [-0.25, -0.2) is 0 Å². The van der Waals surface area contributed by atoms with Gasteiger partial charge in [0, 0.05) is 0 Å². The van der Waals surface area contributed by atoms with Crippen molar-refractivity contribution in [2.75, 3.05) is 0 Å². The van der Waals surface area contributed by atoms with Crippen molar-refractivity contribution in [3.8, 4) is 0 Å². The van der Waals surface area contributed by atoms with Gasteiger partial charge >= 0.3 is 0 Å². The molecule has 0 nitrogen and oxygen atoms in total. The fourth-order valence-corrected chi connectivity index (χ4v) is 0.739. The molecule has 0 aliphatic carbocycles. The number of hydrogen-bond acceptors (Lipinski definition) is 0. The third-order valence-electron chi connectivity index (χ3n) is 1.36. The van der Waals surface area contributed by atoms with Crippen LogP contribution in [-0.4, -0.2) is 0 Å². The summed E-state index contributed by atoms with van der Waals surface area (Å²) in [5.74, 6) is 0. The Morgan fingerprint density at radius 3 is 2.45 bits per heavy atom. The van der Waals surface area contributed by atoms with E-state index < -0.39 is 0 Å². The first kappa shape index (κ1) is 9.96. The molecule has 0 aliphatic rings. The second-order valence-electron chi connectivity index (χ2n) is 2.24. The fourth-order valence-electron chi connectivity index (χ4n) is 0.739. The molecule has 0 amide bonds. The molecule has 0 aromatic carbocycles. The van der Waals surface area contributed by atoms with E-state index >= 15 is 0 Å². The van der Waals surface area contributed by atoms with E-state index in [-0.39, 0.29) is 0 Å². The summed E-state index contributed by atoms with van der Waals surface area (Å²) in [7, 11) is 0. The minimum absolute atomic E-state index is 0.949. The molecule has 0 heterocycles. The molecule has 0 radical (unpaired) electrons. The normalized spacial score (nSPS) is 13.1. The van der Waals surface area contributed by atoms with Crippen LogP contribution in [0.5, 0.6) is 0 Å². The van der Waals surface area contributed by atoms with Gasteiger partial charge in [-0.3, -0.25) is 0 Å². The van der Waals surface area contributed by atoms with Crippen LogP contribution in [-0.2, 0) is 0 Å². The maximum atomic E-state index is 3.68. The van der Waals surface area contributed by atoms with E-state index in [0.29, 0.717) is 0 Å². The lowest BCUT2D eigenvalue weighted by atomic mass is 10.1. The predicted octanol–water partition coefficient (Wildman–Crippen LogP) is 3.64. The zero-order valence-electron chi connectivity index (χ0n) is 7.38. The Hall–Kier alpha value is -1.04. The lowest BCUT2D eigenvalue weighted by molar-refractivity contribution is 1.28. The standard InChI is InChI=1S/C11H16/c1-4-7-8-10-11(6-3)9-5-2/h4-8,10H,2,9H2,1,3H3/b7-4-,10-8-,11-6-. The van der Waals surface area contributed by atoms with E-state index in [1.807, 2.05) is 38.2 Å². The fraction of sp³-hybridized carbons (Fsp3) is 0.273. The molecule has 0 atom stereocenters. The average Bonchev–Trinajstić information content (AvgIpc) is 2.03. The van der Waals surface area contributed by atoms with Gasteiger partial charge in [0.2, 0.25) is 0 Å². The Morgan fingerprint density at radius 1 is 1.27 bits per heavy atom. The maximum Gasteiger partial charge on any atom is -0.0103 e. The summed E-state index contributed by atoms with van der Waals surface area (Å²) in [5.41, 5.74) is 1.30. The highest BCUT2D eigenvalue weighted by molar-refractivity contribution is 5.23. The lowest BCUT2D eigenvalue weighted by Crippen LogP contribution is -1.71. The summed E-state index contributed by atoms with van der Waals surface area (Å²) in [6.45, 7) is 7.73. The molecule has 0 saturated carbocycles. The van der Waals surface area contributed by atoms with Crippen molar-refractivity contribution >= 4 is 0 Å². The highest BCUT2D eigenvalue weighted by atomic mass is 13.9. The molecule has 0 fully saturated rings. The lowest BCUT2D eigenvalue weighted by Gasteiger charge is -1.92. The van der Waals surface area contributed by atoms with Gasteiger partial charge in [0.1, 0.15) is 0 Å². The molecule has 11 heavy (non-hydrogen) atoms. The molecule has 0 bridgehead atoms. The highest BCUT2D eigenvalue weighted by Crippen LogP contribution is 2.03. The van der Waals surface area contributed by atoms with Crippen LogP contribution in [0, 0.1) is 0 Å². The molecule has 0 unspecified atom stereocenters. The van der Waals surface area contributed by atoms with Crippen molar-refractivity contribution in [3.05, 3.63) is 48.6 Å². The van der Waals surface area contributed by atoms with Crippen molar-refractivity contribution < 1.29 is 0 Å². The zero-order chi connectivity index (χ0) is 8.53. The smallest absolute Gasteiger partial charge is 0.0103 e. The summed E-state index contributed by atoms with van der Waals surface area (Å²) in [6, 6.07) is 0. The van der Waals surface area contributed by atoms with E-state index in [2.05, 4.69) is 18.7 Å². The summed E-state index contributed by atoms with van der Waals surface area (Å²) in [4.78, 5) is 0. The molecule has 60 valence electrons. The molecule has 0 saturated heterocycles. The summed E-state index contributed by atoms with van der Waals surface area (Å²) in [6.07, 6.45) is 13.1. The largest absolute Gasteiger partial charge is 0.103 e. The average molecular weight is 148 g/mol. The first-order valence-corrected chi connectivity index (χ1v) is 3.90. The Bertz CT molecular complexity index is 180. The Kier molecular flexibility index (Phi) is 6.40. The molecular formula is C11H16. The number of allylic oxidation sites excluding steroid dienone is 7. The minimum atomic E-state index is 0.949. The molecule has 0 spiro atoms. The van der Waals surface area contributed by atoms with Gasteiger partial charge in [0.15, 0.2) is 0 Å². The second-order valence-corrected chi connectivity index (χ2v) is 2.24. The summed E-state index contributed by atoms with van der Waals surface area (Å²) < 4.78 is 0. The number of rotatable bonds is 4. The third-order valence-corrected chi connectivity index (χ3v) is 1.36. The Morgan fingerprint density at radius 2 is 2.00 bits per heavy atom. The van der Waals surface area contributed by atoms with Crippen LogP contribution in [0.2, 0.25) is 0 Å². The van der Waals surface area contributed by atoms with Crippen LogP contribution in [0.4, 0.5) is 0 Å². The van der Waals surface area contributed by atoms with Crippen LogP contribution < -0.4 is 0 Å². The van der Waals surface area contributed by atoms with Crippen LogP contribution in [0.25, 0.3) is 0 Å². The van der Waals surface area contributed by atoms with Crippen molar-refractivity contribution in [3.63, 3.8) is 0 Å². The third kappa shape index (κ3) is 5.41. The number of hydrogen-bond donors (Lipinski definition) is 0. The summed E-state index contributed by atoms with van der Waals surface area (Å²) >= 11 is 0. The SMILES string of the molecule is C=CCC(/C=C\C=C/C)=C/C. The molecular weight excluding hydrogens is 132 g/mol. The van der Waals surface area contributed by atoms with E-state index in [1.165, 1.54) is 5.57 Å². The van der Waals surface area contributed by atoms with Crippen molar-refractivity contribution in [1.29, 1.82) is 0 Å². The van der Waals surface area contributed by atoms with Crippen LogP contribution >= 0.6 is 0 Å². The van der Waals surface area contributed by atoms with Gasteiger partial charge in [0.05, 0.1) is 0 Å². The zero-order valence-corrected chi connectivity index (χ0v) is 7.38.